The van der Waals surface area contributed by atoms with Crippen molar-refractivity contribution in [2.45, 2.75) is 0 Å². The SMILES string of the molecule is O=C(Nc1ccc(F)cc1F)c1cc2nccc(-c3cccs3)n2n1. The number of benzene rings is 1. The third-order valence-electron chi connectivity index (χ3n) is 3.54. The fourth-order valence-electron chi connectivity index (χ4n) is 2.39. The van der Waals surface area contributed by atoms with Crippen LogP contribution in [0.25, 0.3) is 16.2 Å². The van der Waals surface area contributed by atoms with E-state index < -0.39 is 17.5 Å². The summed E-state index contributed by atoms with van der Waals surface area (Å²) in [5.41, 5.74) is 1.26. The van der Waals surface area contributed by atoms with Crippen molar-refractivity contribution < 1.29 is 13.6 Å². The average Bonchev–Trinajstić information content (AvgIpc) is 3.25. The van der Waals surface area contributed by atoms with E-state index in [9.17, 15) is 13.6 Å². The van der Waals surface area contributed by atoms with Gasteiger partial charge < -0.3 is 5.32 Å². The number of hydrogen-bond donors (Lipinski definition) is 1. The monoisotopic (exact) mass is 356 g/mol. The quantitative estimate of drug-likeness (QED) is 0.604. The fraction of sp³-hybridized carbons (Fsp3) is 0. The predicted molar refractivity (Wildman–Crippen MR) is 90.6 cm³/mol. The molecule has 0 atom stereocenters. The molecular formula is C17H10F2N4OS. The van der Waals surface area contributed by atoms with Crippen molar-refractivity contribution in [2.24, 2.45) is 0 Å². The molecule has 4 rings (SSSR count). The normalized spacial score (nSPS) is 11.0. The first-order chi connectivity index (χ1) is 12.1. The summed E-state index contributed by atoms with van der Waals surface area (Å²) in [7, 11) is 0. The highest BCUT2D eigenvalue weighted by Crippen LogP contribution is 2.25. The highest BCUT2D eigenvalue weighted by molar-refractivity contribution is 7.13. The Balaban J connectivity index is 1.70. The second-order valence-electron chi connectivity index (χ2n) is 5.19. The van der Waals surface area contributed by atoms with Crippen LogP contribution >= 0.6 is 11.3 Å². The van der Waals surface area contributed by atoms with Crippen LogP contribution in [0.15, 0.2) is 54.0 Å². The summed E-state index contributed by atoms with van der Waals surface area (Å²) in [5, 5.41) is 8.59. The third kappa shape index (κ3) is 2.87. The molecule has 0 spiro atoms. The smallest absolute Gasteiger partial charge is 0.276 e. The topological polar surface area (TPSA) is 59.3 Å². The van der Waals surface area contributed by atoms with Crippen LogP contribution in [-0.2, 0) is 0 Å². The maximum Gasteiger partial charge on any atom is 0.276 e. The number of thiophene rings is 1. The lowest BCUT2D eigenvalue weighted by atomic mass is 10.3. The molecule has 25 heavy (non-hydrogen) atoms. The average molecular weight is 356 g/mol. The van der Waals surface area contributed by atoms with Gasteiger partial charge in [0.05, 0.1) is 16.3 Å². The van der Waals surface area contributed by atoms with E-state index >= 15 is 0 Å². The molecule has 124 valence electrons. The van der Waals surface area contributed by atoms with Gasteiger partial charge in [0.15, 0.2) is 11.3 Å². The van der Waals surface area contributed by atoms with Crippen molar-refractivity contribution in [3.05, 3.63) is 71.4 Å². The summed E-state index contributed by atoms with van der Waals surface area (Å²) < 4.78 is 28.2. The largest absolute Gasteiger partial charge is 0.318 e. The minimum Gasteiger partial charge on any atom is -0.318 e. The van der Waals surface area contributed by atoms with Gasteiger partial charge in [-0.1, -0.05) is 6.07 Å². The standard InChI is InChI=1S/C17H10F2N4OS/c18-10-3-4-12(11(19)8-10)21-17(24)13-9-16-20-6-5-14(23(16)22-13)15-2-1-7-25-15/h1-9H,(H,21,24). The van der Waals surface area contributed by atoms with Crippen LogP contribution in [0, 0.1) is 11.6 Å². The Morgan fingerprint density at radius 1 is 1.16 bits per heavy atom. The Hall–Kier alpha value is -3.13. The Bertz CT molecular complexity index is 1080. The van der Waals surface area contributed by atoms with Crippen LogP contribution < -0.4 is 5.32 Å². The van der Waals surface area contributed by atoms with Crippen molar-refractivity contribution >= 4 is 28.6 Å². The number of nitrogens with zero attached hydrogens (tertiary/aromatic N) is 3. The number of carbonyl (C=O) groups is 1. The molecule has 0 aliphatic heterocycles. The minimum absolute atomic E-state index is 0.0835. The molecule has 1 N–H and O–H groups in total. The Morgan fingerprint density at radius 2 is 2.04 bits per heavy atom. The number of rotatable bonds is 3. The first kappa shape index (κ1) is 15.4. The van der Waals surface area contributed by atoms with Gasteiger partial charge in [-0.25, -0.2) is 18.3 Å². The molecule has 3 heterocycles. The molecule has 1 amide bonds. The summed E-state index contributed by atoms with van der Waals surface area (Å²) in [6.07, 6.45) is 1.63. The molecule has 8 heteroatoms. The van der Waals surface area contributed by atoms with Gasteiger partial charge in [-0.3, -0.25) is 4.79 Å². The summed E-state index contributed by atoms with van der Waals surface area (Å²) in [5.74, 6) is -2.17. The lowest BCUT2D eigenvalue weighted by molar-refractivity contribution is 0.102. The molecule has 0 radical (unpaired) electrons. The molecule has 0 aliphatic rings. The number of anilines is 1. The van der Waals surface area contributed by atoms with E-state index in [-0.39, 0.29) is 11.4 Å². The van der Waals surface area contributed by atoms with Crippen LogP contribution in [0.1, 0.15) is 10.5 Å². The Kier molecular flexibility index (Phi) is 3.73. The first-order valence-electron chi connectivity index (χ1n) is 7.27. The van der Waals surface area contributed by atoms with E-state index in [0.29, 0.717) is 11.7 Å². The molecule has 0 unspecified atom stereocenters. The Morgan fingerprint density at radius 3 is 2.80 bits per heavy atom. The van der Waals surface area contributed by atoms with Crippen molar-refractivity contribution in [1.82, 2.24) is 14.6 Å². The van der Waals surface area contributed by atoms with E-state index in [1.54, 1.807) is 28.1 Å². The molecular weight excluding hydrogens is 346 g/mol. The number of hydrogen-bond acceptors (Lipinski definition) is 4. The lowest BCUT2D eigenvalue weighted by Gasteiger charge is -2.04. The highest BCUT2D eigenvalue weighted by Gasteiger charge is 2.16. The van der Waals surface area contributed by atoms with Crippen molar-refractivity contribution in [3.63, 3.8) is 0 Å². The first-order valence-corrected chi connectivity index (χ1v) is 8.15. The Labute approximate surface area is 144 Å². The lowest BCUT2D eigenvalue weighted by Crippen LogP contribution is -2.14. The van der Waals surface area contributed by atoms with Crippen molar-refractivity contribution in [2.75, 3.05) is 5.32 Å². The number of nitrogens with one attached hydrogen (secondary N) is 1. The van der Waals surface area contributed by atoms with Gasteiger partial charge in [-0.15, -0.1) is 11.3 Å². The molecule has 0 fully saturated rings. The van der Waals surface area contributed by atoms with Gasteiger partial charge in [0.1, 0.15) is 11.6 Å². The molecule has 0 saturated heterocycles. The van der Waals surface area contributed by atoms with Crippen molar-refractivity contribution in [1.29, 1.82) is 0 Å². The summed E-state index contributed by atoms with van der Waals surface area (Å²) in [6.45, 7) is 0. The van der Waals surface area contributed by atoms with Crippen molar-refractivity contribution in [3.8, 4) is 10.6 Å². The van der Waals surface area contributed by atoms with Crippen LogP contribution in [0.4, 0.5) is 14.5 Å². The number of fused-ring (bicyclic) bond motifs is 1. The predicted octanol–water partition coefficient (Wildman–Crippen LogP) is 3.99. The van der Waals surface area contributed by atoms with E-state index in [1.807, 2.05) is 17.5 Å². The van der Waals surface area contributed by atoms with Gasteiger partial charge in [-0.2, -0.15) is 5.10 Å². The number of amides is 1. The summed E-state index contributed by atoms with van der Waals surface area (Å²) >= 11 is 1.54. The zero-order valence-electron chi connectivity index (χ0n) is 12.6. The maximum atomic E-state index is 13.7. The van der Waals surface area contributed by atoms with E-state index in [4.69, 9.17) is 0 Å². The van der Waals surface area contributed by atoms with Crippen LogP contribution in [0.5, 0.6) is 0 Å². The minimum atomic E-state index is -0.852. The maximum absolute atomic E-state index is 13.7. The molecule has 4 aromatic rings. The molecule has 3 aromatic heterocycles. The van der Waals surface area contributed by atoms with Crippen LogP contribution in [0.2, 0.25) is 0 Å². The van der Waals surface area contributed by atoms with E-state index in [1.165, 1.54) is 6.07 Å². The highest BCUT2D eigenvalue weighted by atomic mass is 32.1. The van der Waals surface area contributed by atoms with Crippen LogP contribution in [0.3, 0.4) is 0 Å². The fourth-order valence-corrected chi connectivity index (χ4v) is 3.13. The summed E-state index contributed by atoms with van der Waals surface area (Å²) in [4.78, 5) is 17.5. The van der Waals surface area contributed by atoms with Gasteiger partial charge in [0.25, 0.3) is 5.91 Å². The second kappa shape index (κ2) is 6.06. The second-order valence-corrected chi connectivity index (χ2v) is 6.13. The van der Waals surface area contributed by atoms with Gasteiger partial charge in [0, 0.05) is 18.3 Å². The summed E-state index contributed by atoms with van der Waals surface area (Å²) in [6, 6.07) is 10.1. The molecule has 0 saturated carbocycles. The van der Waals surface area contributed by atoms with Gasteiger partial charge in [-0.05, 0) is 29.6 Å². The molecule has 0 aliphatic carbocycles. The number of carbonyl (C=O) groups excluding carboxylic acids is 1. The molecule has 5 nitrogen and oxygen atoms in total. The zero-order chi connectivity index (χ0) is 17.4. The molecule has 1 aromatic carbocycles. The van der Waals surface area contributed by atoms with E-state index in [0.717, 1.165) is 22.7 Å². The van der Waals surface area contributed by atoms with Gasteiger partial charge in [0.2, 0.25) is 0 Å². The third-order valence-corrected chi connectivity index (χ3v) is 4.44. The number of aromatic nitrogens is 3. The van der Waals surface area contributed by atoms with Crippen LogP contribution in [-0.4, -0.2) is 20.5 Å². The molecule has 0 bridgehead atoms. The van der Waals surface area contributed by atoms with E-state index in [2.05, 4.69) is 15.4 Å². The zero-order valence-corrected chi connectivity index (χ0v) is 13.4. The number of halogens is 2. The van der Waals surface area contributed by atoms with Gasteiger partial charge >= 0.3 is 0 Å².